The van der Waals surface area contributed by atoms with Gasteiger partial charge in [0.25, 0.3) is 0 Å². The minimum Gasteiger partial charge on any atom is -0.366 e. The molecule has 1 aromatic carbocycles. The van der Waals surface area contributed by atoms with Crippen molar-refractivity contribution >= 4 is 17.3 Å². The molecule has 16 heavy (non-hydrogen) atoms. The number of hydrogen-bond donors (Lipinski definition) is 1. The van der Waals surface area contributed by atoms with Crippen molar-refractivity contribution in [3.8, 4) is 0 Å². The highest BCUT2D eigenvalue weighted by Crippen LogP contribution is 2.36. The normalized spacial score (nSPS) is 19.1. The van der Waals surface area contributed by atoms with Gasteiger partial charge < -0.3 is 10.6 Å². The standard InChI is InChI=1S/C13H19ClN2/c1-13(2)6-3-7-16(13)12-5-4-11(14)8-10(12)9-15/h4-5,8H,3,6-7,9,15H2,1-2H3. The molecule has 1 aliphatic rings. The Kier molecular flexibility index (Phi) is 3.13. The maximum absolute atomic E-state index is 6.00. The highest BCUT2D eigenvalue weighted by Gasteiger charge is 2.32. The number of nitrogens with two attached hydrogens (primary N) is 1. The summed E-state index contributed by atoms with van der Waals surface area (Å²) in [6.45, 7) is 6.23. The first-order valence-electron chi connectivity index (χ1n) is 5.81. The van der Waals surface area contributed by atoms with Crippen molar-refractivity contribution in [3.63, 3.8) is 0 Å². The zero-order valence-corrected chi connectivity index (χ0v) is 10.7. The highest BCUT2D eigenvalue weighted by atomic mass is 35.5. The van der Waals surface area contributed by atoms with Crippen LogP contribution in [0.15, 0.2) is 18.2 Å². The zero-order chi connectivity index (χ0) is 11.8. The number of nitrogens with zero attached hydrogens (tertiary/aromatic N) is 1. The van der Waals surface area contributed by atoms with Crippen molar-refractivity contribution in [1.29, 1.82) is 0 Å². The van der Waals surface area contributed by atoms with Gasteiger partial charge in [-0.3, -0.25) is 0 Å². The lowest BCUT2D eigenvalue weighted by Gasteiger charge is -2.35. The van der Waals surface area contributed by atoms with Crippen molar-refractivity contribution < 1.29 is 0 Å². The molecule has 0 amide bonds. The second-order valence-corrected chi connectivity index (χ2v) is 5.48. The summed E-state index contributed by atoms with van der Waals surface area (Å²) in [5, 5.41) is 0.765. The van der Waals surface area contributed by atoms with Crippen LogP contribution in [0, 0.1) is 0 Å². The van der Waals surface area contributed by atoms with Crippen LogP contribution in [-0.2, 0) is 6.54 Å². The fourth-order valence-electron chi connectivity index (χ4n) is 2.53. The molecule has 1 heterocycles. The van der Waals surface area contributed by atoms with Gasteiger partial charge in [0.2, 0.25) is 0 Å². The van der Waals surface area contributed by atoms with Crippen molar-refractivity contribution in [2.45, 2.75) is 38.8 Å². The Labute approximate surface area is 102 Å². The van der Waals surface area contributed by atoms with Crippen LogP contribution in [0.25, 0.3) is 0 Å². The Balaban J connectivity index is 2.40. The SMILES string of the molecule is CC1(C)CCCN1c1ccc(Cl)cc1CN. The third kappa shape index (κ3) is 2.04. The third-order valence-electron chi connectivity index (χ3n) is 3.45. The van der Waals surface area contributed by atoms with E-state index in [9.17, 15) is 0 Å². The summed E-state index contributed by atoms with van der Waals surface area (Å²) in [7, 11) is 0. The molecule has 2 N–H and O–H groups in total. The Bertz CT molecular complexity index is 388. The quantitative estimate of drug-likeness (QED) is 0.858. The topological polar surface area (TPSA) is 29.3 Å². The minimum atomic E-state index is 0.234. The average molecular weight is 239 g/mol. The molecule has 1 saturated heterocycles. The molecule has 0 spiro atoms. The third-order valence-corrected chi connectivity index (χ3v) is 3.69. The van der Waals surface area contributed by atoms with Crippen LogP contribution in [0.3, 0.4) is 0 Å². The Morgan fingerprint density at radius 2 is 2.19 bits per heavy atom. The van der Waals surface area contributed by atoms with Crippen LogP contribution >= 0.6 is 11.6 Å². The molecule has 2 rings (SSSR count). The molecule has 0 aromatic heterocycles. The minimum absolute atomic E-state index is 0.234. The molecular formula is C13H19ClN2. The van der Waals surface area contributed by atoms with Gasteiger partial charge in [-0.05, 0) is 50.5 Å². The number of benzene rings is 1. The van der Waals surface area contributed by atoms with E-state index in [1.807, 2.05) is 12.1 Å². The second-order valence-electron chi connectivity index (χ2n) is 5.04. The summed E-state index contributed by atoms with van der Waals surface area (Å²) in [5.41, 5.74) is 8.41. The van der Waals surface area contributed by atoms with Crippen LogP contribution in [-0.4, -0.2) is 12.1 Å². The highest BCUT2D eigenvalue weighted by molar-refractivity contribution is 6.30. The number of rotatable bonds is 2. The number of hydrogen-bond acceptors (Lipinski definition) is 2. The summed E-state index contributed by atoms with van der Waals surface area (Å²) < 4.78 is 0. The van der Waals surface area contributed by atoms with E-state index in [-0.39, 0.29) is 5.54 Å². The predicted molar refractivity (Wildman–Crippen MR) is 70.0 cm³/mol. The van der Waals surface area contributed by atoms with Gasteiger partial charge >= 0.3 is 0 Å². The van der Waals surface area contributed by atoms with Crippen molar-refractivity contribution in [2.24, 2.45) is 5.73 Å². The summed E-state index contributed by atoms with van der Waals surface area (Å²) in [4.78, 5) is 2.45. The van der Waals surface area contributed by atoms with Gasteiger partial charge in [0.15, 0.2) is 0 Å². The fourth-order valence-corrected chi connectivity index (χ4v) is 2.73. The molecule has 1 aromatic rings. The monoisotopic (exact) mass is 238 g/mol. The first-order valence-corrected chi connectivity index (χ1v) is 6.18. The van der Waals surface area contributed by atoms with Gasteiger partial charge in [0.1, 0.15) is 0 Å². The van der Waals surface area contributed by atoms with Gasteiger partial charge in [0.05, 0.1) is 0 Å². The van der Waals surface area contributed by atoms with E-state index in [0.717, 1.165) is 17.1 Å². The molecule has 0 saturated carbocycles. The van der Waals surface area contributed by atoms with E-state index >= 15 is 0 Å². The van der Waals surface area contributed by atoms with Gasteiger partial charge in [0, 0.05) is 29.3 Å². The maximum atomic E-state index is 6.00. The van der Waals surface area contributed by atoms with E-state index in [1.54, 1.807) is 0 Å². The molecule has 0 aliphatic carbocycles. The van der Waals surface area contributed by atoms with Gasteiger partial charge in [-0.25, -0.2) is 0 Å². The molecule has 88 valence electrons. The van der Waals surface area contributed by atoms with Crippen LogP contribution in [0.4, 0.5) is 5.69 Å². The first-order chi connectivity index (χ1) is 7.54. The van der Waals surface area contributed by atoms with E-state index in [1.165, 1.54) is 18.5 Å². The first kappa shape index (κ1) is 11.7. The molecule has 0 bridgehead atoms. The molecule has 0 atom stereocenters. The Morgan fingerprint density at radius 3 is 2.75 bits per heavy atom. The second kappa shape index (κ2) is 4.27. The van der Waals surface area contributed by atoms with Crippen LogP contribution < -0.4 is 10.6 Å². The molecule has 2 nitrogen and oxygen atoms in total. The molecule has 1 aliphatic heterocycles. The van der Waals surface area contributed by atoms with E-state index in [0.29, 0.717) is 6.54 Å². The van der Waals surface area contributed by atoms with Crippen molar-refractivity contribution in [3.05, 3.63) is 28.8 Å². The zero-order valence-electron chi connectivity index (χ0n) is 9.96. The largest absolute Gasteiger partial charge is 0.366 e. The van der Waals surface area contributed by atoms with Crippen molar-refractivity contribution in [1.82, 2.24) is 0 Å². The average Bonchev–Trinajstić information content (AvgIpc) is 2.58. The summed E-state index contributed by atoms with van der Waals surface area (Å²) in [6, 6.07) is 6.02. The van der Waals surface area contributed by atoms with Crippen molar-refractivity contribution in [2.75, 3.05) is 11.4 Å². The molecule has 0 radical (unpaired) electrons. The van der Waals surface area contributed by atoms with Crippen LogP contribution in [0.2, 0.25) is 5.02 Å². The lowest BCUT2D eigenvalue weighted by atomic mass is 10.0. The molecule has 1 fully saturated rings. The van der Waals surface area contributed by atoms with Gasteiger partial charge in [-0.15, -0.1) is 0 Å². The van der Waals surface area contributed by atoms with Crippen LogP contribution in [0.1, 0.15) is 32.3 Å². The summed E-state index contributed by atoms with van der Waals surface area (Å²) in [5.74, 6) is 0. The van der Waals surface area contributed by atoms with E-state index in [2.05, 4.69) is 24.8 Å². The lowest BCUT2D eigenvalue weighted by Crippen LogP contribution is -2.38. The van der Waals surface area contributed by atoms with Gasteiger partial charge in [-0.1, -0.05) is 11.6 Å². The predicted octanol–water partition coefficient (Wildman–Crippen LogP) is 3.18. The maximum Gasteiger partial charge on any atom is 0.0417 e. The number of anilines is 1. The van der Waals surface area contributed by atoms with E-state index in [4.69, 9.17) is 17.3 Å². The smallest absolute Gasteiger partial charge is 0.0417 e. The van der Waals surface area contributed by atoms with E-state index < -0.39 is 0 Å². The Hall–Kier alpha value is -0.730. The van der Waals surface area contributed by atoms with Gasteiger partial charge in [-0.2, -0.15) is 0 Å². The Morgan fingerprint density at radius 1 is 1.44 bits per heavy atom. The number of halogens is 1. The summed E-state index contributed by atoms with van der Waals surface area (Å²) >= 11 is 6.00. The molecular weight excluding hydrogens is 220 g/mol. The summed E-state index contributed by atoms with van der Waals surface area (Å²) in [6.07, 6.45) is 2.49. The molecule has 3 heteroatoms. The van der Waals surface area contributed by atoms with Crippen LogP contribution in [0.5, 0.6) is 0 Å². The molecule has 0 unspecified atom stereocenters. The fraction of sp³-hybridized carbons (Fsp3) is 0.538. The lowest BCUT2D eigenvalue weighted by molar-refractivity contribution is 0.517.